The van der Waals surface area contributed by atoms with Crippen molar-refractivity contribution in [3.05, 3.63) is 39.7 Å². The van der Waals surface area contributed by atoms with Crippen molar-refractivity contribution < 1.29 is 9.53 Å². The number of esters is 1. The summed E-state index contributed by atoms with van der Waals surface area (Å²) in [4.78, 5) is 21.6. The first-order valence-corrected chi connectivity index (χ1v) is 8.75. The molecule has 7 heteroatoms. The summed E-state index contributed by atoms with van der Waals surface area (Å²) in [5.74, 6) is -0.233. The molecular weight excluding hydrogens is 346 g/mol. The van der Waals surface area contributed by atoms with Gasteiger partial charge in [-0.05, 0) is 31.0 Å². The van der Waals surface area contributed by atoms with Crippen LogP contribution in [0.15, 0.2) is 24.3 Å². The number of anilines is 1. The number of rotatable bonds is 4. The van der Waals surface area contributed by atoms with Crippen LogP contribution in [0.5, 0.6) is 0 Å². The average Bonchev–Trinajstić information content (AvgIpc) is 2.98. The van der Waals surface area contributed by atoms with Gasteiger partial charge in [0, 0.05) is 10.9 Å². The largest absolute Gasteiger partial charge is 0.462 e. The molecule has 0 radical (unpaired) electrons. The minimum atomic E-state index is -0.377. The summed E-state index contributed by atoms with van der Waals surface area (Å²) in [5.41, 5.74) is 8.36. The van der Waals surface area contributed by atoms with Gasteiger partial charge in [-0.2, -0.15) is 0 Å². The van der Waals surface area contributed by atoms with Gasteiger partial charge < -0.3 is 10.5 Å². The molecular formula is C17H16ClN3O2S. The van der Waals surface area contributed by atoms with E-state index in [4.69, 9.17) is 22.1 Å². The summed E-state index contributed by atoms with van der Waals surface area (Å²) in [7, 11) is 0. The van der Waals surface area contributed by atoms with Crippen LogP contribution in [-0.2, 0) is 11.2 Å². The van der Waals surface area contributed by atoms with Gasteiger partial charge in [-0.3, -0.25) is 0 Å². The maximum atomic E-state index is 12.0. The third kappa shape index (κ3) is 3.07. The SMILES string of the molecule is CCOC(=O)c1cc2c(-c3ccc(CC)cc3Cl)nc(N)nc2s1. The van der Waals surface area contributed by atoms with E-state index in [1.165, 1.54) is 11.3 Å². The van der Waals surface area contributed by atoms with Crippen molar-refractivity contribution in [2.75, 3.05) is 12.3 Å². The van der Waals surface area contributed by atoms with Gasteiger partial charge in [0.1, 0.15) is 9.71 Å². The predicted molar refractivity (Wildman–Crippen MR) is 97.6 cm³/mol. The van der Waals surface area contributed by atoms with Crippen molar-refractivity contribution in [3.8, 4) is 11.3 Å². The summed E-state index contributed by atoms with van der Waals surface area (Å²) in [6.45, 7) is 4.15. The van der Waals surface area contributed by atoms with E-state index in [-0.39, 0.29) is 11.9 Å². The number of nitrogens with zero attached hydrogens (tertiary/aromatic N) is 2. The molecule has 1 aromatic carbocycles. The zero-order chi connectivity index (χ0) is 17.3. The second-order valence-electron chi connectivity index (χ2n) is 5.15. The summed E-state index contributed by atoms with van der Waals surface area (Å²) in [6.07, 6.45) is 0.896. The molecule has 0 bridgehead atoms. The molecule has 0 aliphatic rings. The molecule has 2 aromatic heterocycles. The molecule has 124 valence electrons. The zero-order valence-corrected chi connectivity index (χ0v) is 14.9. The number of aromatic nitrogens is 2. The number of ether oxygens (including phenoxy) is 1. The van der Waals surface area contributed by atoms with E-state index in [0.29, 0.717) is 27.0 Å². The van der Waals surface area contributed by atoms with E-state index in [2.05, 4.69) is 16.9 Å². The van der Waals surface area contributed by atoms with Crippen LogP contribution in [0.25, 0.3) is 21.5 Å². The summed E-state index contributed by atoms with van der Waals surface area (Å²) < 4.78 is 5.05. The Balaban J connectivity index is 2.18. The van der Waals surface area contributed by atoms with Gasteiger partial charge in [0.2, 0.25) is 5.95 Å². The highest BCUT2D eigenvalue weighted by Crippen LogP contribution is 2.36. The molecule has 2 N–H and O–H groups in total. The van der Waals surface area contributed by atoms with Crippen LogP contribution in [0, 0.1) is 0 Å². The first kappa shape index (κ1) is 16.7. The van der Waals surface area contributed by atoms with Crippen molar-refractivity contribution in [1.82, 2.24) is 9.97 Å². The normalized spacial score (nSPS) is 11.0. The number of carbonyl (C=O) groups is 1. The number of nitrogen functional groups attached to an aromatic ring is 1. The second kappa shape index (κ2) is 6.75. The second-order valence-corrected chi connectivity index (χ2v) is 6.59. The fraction of sp³-hybridized carbons (Fsp3) is 0.235. The van der Waals surface area contributed by atoms with Gasteiger partial charge in [-0.15, -0.1) is 11.3 Å². The zero-order valence-electron chi connectivity index (χ0n) is 13.3. The molecule has 0 saturated carbocycles. The van der Waals surface area contributed by atoms with Crippen LogP contribution in [0.4, 0.5) is 5.95 Å². The Morgan fingerprint density at radius 3 is 2.75 bits per heavy atom. The van der Waals surface area contributed by atoms with Gasteiger partial charge in [0.05, 0.1) is 17.3 Å². The van der Waals surface area contributed by atoms with Crippen molar-refractivity contribution in [1.29, 1.82) is 0 Å². The Hall–Kier alpha value is -2.18. The van der Waals surface area contributed by atoms with Gasteiger partial charge >= 0.3 is 5.97 Å². The van der Waals surface area contributed by atoms with E-state index >= 15 is 0 Å². The lowest BCUT2D eigenvalue weighted by molar-refractivity contribution is 0.0532. The number of thiophene rings is 1. The fourth-order valence-electron chi connectivity index (χ4n) is 2.42. The van der Waals surface area contributed by atoms with Gasteiger partial charge in [0.25, 0.3) is 0 Å². The van der Waals surface area contributed by atoms with Crippen LogP contribution < -0.4 is 5.73 Å². The minimum Gasteiger partial charge on any atom is -0.462 e. The third-order valence-corrected chi connectivity index (χ3v) is 4.91. The first-order valence-electron chi connectivity index (χ1n) is 7.56. The summed E-state index contributed by atoms with van der Waals surface area (Å²) >= 11 is 7.66. The lowest BCUT2D eigenvalue weighted by Gasteiger charge is -2.07. The van der Waals surface area contributed by atoms with Gasteiger partial charge in [-0.1, -0.05) is 30.7 Å². The molecule has 0 amide bonds. The van der Waals surface area contributed by atoms with E-state index in [1.54, 1.807) is 13.0 Å². The van der Waals surface area contributed by atoms with Gasteiger partial charge in [-0.25, -0.2) is 14.8 Å². The number of halogens is 1. The van der Waals surface area contributed by atoms with Crippen LogP contribution in [0.1, 0.15) is 29.1 Å². The van der Waals surface area contributed by atoms with Crippen molar-refractivity contribution in [2.24, 2.45) is 0 Å². The molecule has 0 aliphatic heterocycles. The van der Waals surface area contributed by atoms with E-state index in [1.807, 2.05) is 18.2 Å². The molecule has 24 heavy (non-hydrogen) atoms. The lowest BCUT2D eigenvalue weighted by Crippen LogP contribution is -2.01. The molecule has 0 atom stereocenters. The lowest BCUT2D eigenvalue weighted by atomic mass is 10.1. The quantitative estimate of drug-likeness (QED) is 0.699. The molecule has 0 fully saturated rings. The Morgan fingerprint density at radius 2 is 2.08 bits per heavy atom. The molecule has 3 rings (SSSR count). The monoisotopic (exact) mass is 361 g/mol. The smallest absolute Gasteiger partial charge is 0.348 e. The number of aryl methyl sites for hydroxylation is 1. The summed E-state index contributed by atoms with van der Waals surface area (Å²) in [6, 6.07) is 7.57. The van der Waals surface area contributed by atoms with E-state index in [9.17, 15) is 4.79 Å². The maximum Gasteiger partial charge on any atom is 0.348 e. The van der Waals surface area contributed by atoms with Crippen molar-refractivity contribution >= 4 is 45.1 Å². The molecule has 0 saturated heterocycles. The van der Waals surface area contributed by atoms with E-state index in [0.717, 1.165) is 22.9 Å². The standard InChI is InChI=1S/C17H16ClN3O2S/c1-3-9-5-6-10(12(18)7-9)14-11-8-13(16(22)23-4-2)24-15(11)21-17(19)20-14/h5-8H,3-4H2,1-2H3,(H2,19,20,21). The topological polar surface area (TPSA) is 78.1 Å². The fourth-order valence-corrected chi connectivity index (χ4v) is 3.64. The van der Waals surface area contributed by atoms with Crippen LogP contribution in [0.3, 0.4) is 0 Å². The Labute approximate surface area is 148 Å². The number of nitrogens with two attached hydrogens (primary N) is 1. The van der Waals surface area contributed by atoms with Crippen LogP contribution in [0.2, 0.25) is 5.02 Å². The minimum absolute atomic E-state index is 0.144. The van der Waals surface area contributed by atoms with Crippen LogP contribution in [-0.4, -0.2) is 22.5 Å². The maximum absolute atomic E-state index is 12.0. The average molecular weight is 362 g/mol. The van der Waals surface area contributed by atoms with Crippen molar-refractivity contribution in [3.63, 3.8) is 0 Å². The van der Waals surface area contributed by atoms with Gasteiger partial charge in [0.15, 0.2) is 0 Å². The molecule has 5 nitrogen and oxygen atoms in total. The molecule has 2 heterocycles. The predicted octanol–water partition coefficient (Wildman–Crippen LogP) is 4.33. The Morgan fingerprint density at radius 1 is 1.29 bits per heavy atom. The first-order chi connectivity index (χ1) is 11.5. The number of fused-ring (bicyclic) bond motifs is 1. The number of benzene rings is 1. The highest BCUT2D eigenvalue weighted by molar-refractivity contribution is 7.20. The van der Waals surface area contributed by atoms with Crippen molar-refractivity contribution in [2.45, 2.75) is 20.3 Å². The number of hydrogen-bond acceptors (Lipinski definition) is 6. The number of carbonyl (C=O) groups excluding carboxylic acids is 1. The molecule has 0 unspecified atom stereocenters. The Kier molecular flexibility index (Phi) is 4.69. The number of hydrogen-bond donors (Lipinski definition) is 1. The Bertz CT molecular complexity index is 924. The highest BCUT2D eigenvalue weighted by atomic mass is 35.5. The van der Waals surface area contributed by atoms with Crippen LogP contribution >= 0.6 is 22.9 Å². The third-order valence-electron chi connectivity index (χ3n) is 3.58. The summed E-state index contributed by atoms with van der Waals surface area (Å²) in [5, 5.41) is 1.33. The molecule has 0 aliphatic carbocycles. The highest BCUT2D eigenvalue weighted by Gasteiger charge is 2.18. The van der Waals surface area contributed by atoms with E-state index < -0.39 is 0 Å². The molecule has 0 spiro atoms. The molecule has 3 aromatic rings.